The third kappa shape index (κ3) is 3.38. The second kappa shape index (κ2) is 5.76. The molecule has 0 aliphatic carbocycles. The van der Waals surface area contributed by atoms with Crippen molar-refractivity contribution in [3.8, 4) is 0 Å². The minimum Gasteiger partial charge on any atom is -0.379 e. The van der Waals surface area contributed by atoms with E-state index in [9.17, 15) is 0 Å². The monoisotopic (exact) mass is 329 g/mol. The Morgan fingerprint density at radius 1 is 0.941 bits per heavy atom. The van der Waals surface area contributed by atoms with Crippen LogP contribution in [0.3, 0.4) is 0 Å². The van der Waals surface area contributed by atoms with Crippen LogP contribution in [0.4, 0.5) is 5.69 Å². The zero-order valence-electron chi connectivity index (χ0n) is 8.88. The van der Waals surface area contributed by atoms with E-state index in [-0.39, 0.29) is 0 Å². The third-order valence-electron chi connectivity index (χ3n) is 2.35. The van der Waals surface area contributed by atoms with Crippen LogP contribution in [0.5, 0.6) is 0 Å². The number of hydrogen-bond donors (Lipinski definition) is 1. The molecule has 2 rings (SSSR count). The first-order valence-electron chi connectivity index (χ1n) is 5.09. The quantitative estimate of drug-likeness (QED) is 0.797. The number of rotatable bonds is 3. The third-order valence-corrected chi connectivity index (χ3v) is 3.50. The van der Waals surface area contributed by atoms with Crippen LogP contribution < -0.4 is 5.32 Å². The van der Waals surface area contributed by atoms with Crippen molar-refractivity contribution in [3.05, 3.63) is 62.5 Å². The number of benzene rings is 2. The van der Waals surface area contributed by atoms with Gasteiger partial charge in [-0.15, -0.1) is 0 Å². The highest BCUT2D eigenvalue weighted by atomic mass is 79.9. The molecule has 0 atom stereocenters. The first-order chi connectivity index (χ1) is 8.16. The molecule has 2 aromatic rings. The van der Waals surface area contributed by atoms with Crippen molar-refractivity contribution in [3.63, 3.8) is 0 Å². The Kier molecular flexibility index (Phi) is 4.32. The van der Waals surface area contributed by atoms with Gasteiger partial charge in [0.15, 0.2) is 0 Å². The minimum atomic E-state index is 0.634. The molecular formula is C13H10BrCl2N. The van der Waals surface area contributed by atoms with Crippen molar-refractivity contribution in [2.75, 3.05) is 5.32 Å². The van der Waals surface area contributed by atoms with Crippen LogP contribution in [0.25, 0.3) is 0 Å². The lowest BCUT2D eigenvalue weighted by Gasteiger charge is -2.10. The zero-order chi connectivity index (χ0) is 12.3. The van der Waals surface area contributed by atoms with Crippen LogP contribution in [0, 0.1) is 0 Å². The maximum Gasteiger partial charge on any atom is 0.0721 e. The van der Waals surface area contributed by atoms with Crippen LogP contribution in [0.1, 0.15) is 5.56 Å². The standard InChI is InChI=1S/C13H10BrCl2N/c14-10-6-4-9(5-7-10)8-17-13-11(15)2-1-3-12(13)16/h1-7,17H,8H2. The van der Waals surface area contributed by atoms with Crippen LogP contribution in [0.15, 0.2) is 46.9 Å². The summed E-state index contributed by atoms with van der Waals surface area (Å²) in [5, 5.41) is 4.51. The second-order valence-electron chi connectivity index (χ2n) is 3.58. The van der Waals surface area contributed by atoms with E-state index in [4.69, 9.17) is 23.2 Å². The summed E-state index contributed by atoms with van der Waals surface area (Å²) < 4.78 is 1.07. The van der Waals surface area contributed by atoms with Crippen molar-refractivity contribution < 1.29 is 0 Å². The predicted molar refractivity (Wildman–Crippen MR) is 77.9 cm³/mol. The van der Waals surface area contributed by atoms with E-state index in [0.29, 0.717) is 16.6 Å². The highest BCUT2D eigenvalue weighted by molar-refractivity contribution is 9.10. The van der Waals surface area contributed by atoms with Gasteiger partial charge in [-0.3, -0.25) is 0 Å². The van der Waals surface area contributed by atoms with E-state index in [1.165, 1.54) is 5.56 Å². The topological polar surface area (TPSA) is 12.0 Å². The molecule has 1 nitrogen and oxygen atoms in total. The fourth-order valence-corrected chi connectivity index (χ4v) is 2.25. The van der Waals surface area contributed by atoms with E-state index >= 15 is 0 Å². The molecular weight excluding hydrogens is 321 g/mol. The molecule has 0 spiro atoms. The Morgan fingerprint density at radius 2 is 1.53 bits per heavy atom. The molecule has 2 aromatic carbocycles. The Labute approximate surface area is 119 Å². The lowest BCUT2D eigenvalue weighted by Crippen LogP contribution is -2.00. The van der Waals surface area contributed by atoms with Gasteiger partial charge in [0.25, 0.3) is 0 Å². The molecule has 0 aliphatic heterocycles. The summed E-state index contributed by atoms with van der Waals surface area (Å²) in [4.78, 5) is 0. The molecule has 0 bridgehead atoms. The summed E-state index contributed by atoms with van der Waals surface area (Å²) in [5.41, 5.74) is 1.95. The van der Waals surface area contributed by atoms with Crippen molar-refractivity contribution >= 4 is 44.8 Å². The Bertz CT molecular complexity index is 491. The molecule has 88 valence electrons. The van der Waals surface area contributed by atoms with Gasteiger partial charge in [0.1, 0.15) is 0 Å². The fraction of sp³-hybridized carbons (Fsp3) is 0.0769. The summed E-state index contributed by atoms with van der Waals surface area (Å²) in [7, 11) is 0. The van der Waals surface area contributed by atoms with Gasteiger partial charge in [0.05, 0.1) is 15.7 Å². The predicted octanol–water partition coefficient (Wildman–Crippen LogP) is 5.37. The van der Waals surface area contributed by atoms with Gasteiger partial charge in [-0.05, 0) is 29.8 Å². The van der Waals surface area contributed by atoms with Crippen molar-refractivity contribution in [2.24, 2.45) is 0 Å². The number of anilines is 1. The molecule has 1 N–H and O–H groups in total. The van der Waals surface area contributed by atoms with E-state index in [0.717, 1.165) is 10.2 Å². The highest BCUT2D eigenvalue weighted by Gasteiger charge is 2.04. The largest absolute Gasteiger partial charge is 0.379 e. The van der Waals surface area contributed by atoms with Gasteiger partial charge in [-0.25, -0.2) is 0 Å². The Hall–Kier alpha value is -0.700. The zero-order valence-corrected chi connectivity index (χ0v) is 12.0. The molecule has 17 heavy (non-hydrogen) atoms. The summed E-state index contributed by atoms with van der Waals surface area (Å²) in [6, 6.07) is 13.6. The molecule has 0 radical (unpaired) electrons. The summed E-state index contributed by atoms with van der Waals surface area (Å²) >= 11 is 15.5. The average molecular weight is 331 g/mol. The van der Waals surface area contributed by atoms with E-state index < -0.39 is 0 Å². The van der Waals surface area contributed by atoms with Gasteiger partial charge in [0.2, 0.25) is 0 Å². The second-order valence-corrected chi connectivity index (χ2v) is 5.31. The van der Waals surface area contributed by atoms with Crippen molar-refractivity contribution in [2.45, 2.75) is 6.54 Å². The summed E-state index contributed by atoms with van der Waals surface area (Å²) in [5.74, 6) is 0. The van der Waals surface area contributed by atoms with Crippen LogP contribution in [0.2, 0.25) is 10.0 Å². The lowest BCUT2D eigenvalue weighted by molar-refractivity contribution is 1.15. The normalized spacial score (nSPS) is 10.3. The Morgan fingerprint density at radius 3 is 2.12 bits per heavy atom. The molecule has 0 saturated heterocycles. The highest BCUT2D eigenvalue weighted by Crippen LogP contribution is 2.30. The SMILES string of the molecule is Clc1cccc(Cl)c1NCc1ccc(Br)cc1. The van der Waals surface area contributed by atoms with Gasteiger partial charge < -0.3 is 5.32 Å². The summed E-state index contributed by atoms with van der Waals surface area (Å²) in [6.07, 6.45) is 0. The number of hydrogen-bond acceptors (Lipinski definition) is 1. The van der Waals surface area contributed by atoms with Crippen LogP contribution >= 0.6 is 39.1 Å². The molecule has 0 fully saturated rings. The maximum absolute atomic E-state index is 6.07. The first kappa shape index (κ1) is 12.7. The van der Waals surface area contributed by atoms with Gasteiger partial charge >= 0.3 is 0 Å². The van der Waals surface area contributed by atoms with E-state index in [1.807, 2.05) is 42.5 Å². The molecule has 4 heteroatoms. The van der Waals surface area contributed by atoms with E-state index in [2.05, 4.69) is 21.2 Å². The molecule has 0 saturated carbocycles. The Balaban J connectivity index is 2.10. The molecule has 0 aromatic heterocycles. The van der Waals surface area contributed by atoms with Crippen molar-refractivity contribution in [1.82, 2.24) is 0 Å². The van der Waals surface area contributed by atoms with Crippen molar-refractivity contribution in [1.29, 1.82) is 0 Å². The first-order valence-corrected chi connectivity index (χ1v) is 6.64. The average Bonchev–Trinajstić information content (AvgIpc) is 2.31. The van der Waals surface area contributed by atoms with Crippen LogP contribution in [-0.2, 0) is 6.54 Å². The fourth-order valence-electron chi connectivity index (χ4n) is 1.46. The number of halogens is 3. The minimum absolute atomic E-state index is 0.634. The van der Waals surface area contributed by atoms with Gasteiger partial charge in [-0.2, -0.15) is 0 Å². The number of para-hydroxylation sites is 1. The smallest absolute Gasteiger partial charge is 0.0721 e. The van der Waals surface area contributed by atoms with Gasteiger partial charge in [0, 0.05) is 11.0 Å². The van der Waals surface area contributed by atoms with Gasteiger partial charge in [-0.1, -0.05) is 57.3 Å². The molecule has 0 unspecified atom stereocenters. The maximum atomic E-state index is 6.07. The summed E-state index contributed by atoms with van der Waals surface area (Å²) in [6.45, 7) is 0.691. The molecule has 0 aliphatic rings. The van der Waals surface area contributed by atoms with Crippen LogP contribution in [-0.4, -0.2) is 0 Å². The molecule has 0 amide bonds. The number of nitrogens with one attached hydrogen (secondary N) is 1. The van der Waals surface area contributed by atoms with E-state index in [1.54, 1.807) is 0 Å². The lowest BCUT2D eigenvalue weighted by atomic mass is 10.2. The molecule has 0 heterocycles.